The number of anilines is 2. The van der Waals surface area contributed by atoms with Crippen LogP contribution in [0, 0.1) is 10.8 Å². The Balaban J connectivity index is 2.30. The fraction of sp³-hybridized carbons (Fsp3) is 0.667. The number of alkyl halides is 2. The molecular formula is C24H38F2N4O3. The second-order valence-corrected chi connectivity index (χ2v) is 10.9. The molecule has 2 amide bonds. The third-order valence-electron chi connectivity index (χ3n) is 5.15. The molecule has 0 aliphatic carbocycles. The summed E-state index contributed by atoms with van der Waals surface area (Å²) >= 11 is 0. The van der Waals surface area contributed by atoms with Crippen LogP contribution < -0.4 is 16.0 Å². The second-order valence-electron chi connectivity index (χ2n) is 10.9. The lowest BCUT2D eigenvalue weighted by Gasteiger charge is -2.39. The van der Waals surface area contributed by atoms with E-state index in [2.05, 4.69) is 46.9 Å². The molecule has 0 spiro atoms. The van der Waals surface area contributed by atoms with Crippen molar-refractivity contribution in [3.05, 3.63) is 23.8 Å². The van der Waals surface area contributed by atoms with E-state index in [0.29, 0.717) is 25.4 Å². The summed E-state index contributed by atoms with van der Waals surface area (Å²) < 4.78 is 32.9. The van der Waals surface area contributed by atoms with Crippen molar-refractivity contribution >= 4 is 23.2 Å². The summed E-state index contributed by atoms with van der Waals surface area (Å²) in [5.41, 5.74) is 5.86. The first kappa shape index (κ1) is 27.1. The summed E-state index contributed by atoms with van der Waals surface area (Å²) in [6.07, 6.45) is -2.83. The molecule has 0 bridgehead atoms. The smallest absolute Gasteiger partial charge is 0.265 e. The van der Waals surface area contributed by atoms with E-state index >= 15 is 0 Å². The maximum atomic E-state index is 13.9. The van der Waals surface area contributed by atoms with Gasteiger partial charge in [-0.15, -0.1) is 0 Å². The van der Waals surface area contributed by atoms with Gasteiger partial charge in [0.25, 0.3) is 12.3 Å². The standard InChI is InChI=1S/C24H38F2N4O3/c1-23(2,3)14-29(15-24(4,5)6)19(12-27)22(32)28-18-8-7-16(11-17(18)21(25)26)30-9-10-33-13-20(30)31/h7-8,11,19,21H,9-10,12-15,27H2,1-6H3,(H,28,32)/t19-/m1/s1. The molecule has 1 aromatic carbocycles. The van der Waals surface area contributed by atoms with Gasteiger partial charge >= 0.3 is 0 Å². The maximum absolute atomic E-state index is 13.9. The Morgan fingerprint density at radius 1 is 1.18 bits per heavy atom. The molecule has 0 aromatic heterocycles. The Labute approximate surface area is 195 Å². The number of ether oxygens (including phenoxy) is 1. The van der Waals surface area contributed by atoms with Crippen molar-refractivity contribution in [2.75, 3.05) is 49.6 Å². The zero-order valence-electron chi connectivity index (χ0n) is 20.6. The quantitative estimate of drug-likeness (QED) is 0.608. The van der Waals surface area contributed by atoms with Crippen LogP contribution in [0.15, 0.2) is 18.2 Å². The van der Waals surface area contributed by atoms with Gasteiger partial charge in [-0.2, -0.15) is 0 Å². The maximum Gasteiger partial charge on any atom is 0.265 e. The average Bonchev–Trinajstić information content (AvgIpc) is 2.66. The Kier molecular flexibility index (Phi) is 8.95. The van der Waals surface area contributed by atoms with E-state index < -0.39 is 18.4 Å². The van der Waals surface area contributed by atoms with Gasteiger partial charge in [-0.05, 0) is 29.0 Å². The number of hydrogen-bond donors (Lipinski definition) is 2. The number of carbonyl (C=O) groups excluding carboxylic acids is 2. The molecule has 0 unspecified atom stereocenters. The highest BCUT2D eigenvalue weighted by Crippen LogP contribution is 2.32. The van der Waals surface area contributed by atoms with Crippen molar-refractivity contribution in [3.63, 3.8) is 0 Å². The first-order valence-electron chi connectivity index (χ1n) is 11.3. The normalized spacial score (nSPS) is 16.5. The van der Waals surface area contributed by atoms with Crippen LogP contribution in [-0.2, 0) is 14.3 Å². The fourth-order valence-corrected chi connectivity index (χ4v) is 3.94. The molecule has 1 saturated heterocycles. The number of nitrogens with one attached hydrogen (secondary N) is 1. The van der Waals surface area contributed by atoms with E-state index in [0.717, 1.165) is 0 Å². The molecule has 1 fully saturated rings. The van der Waals surface area contributed by atoms with Gasteiger partial charge < -0.3 is 20.7 Å². The van der Waals surface area contributed by atoms with Gasteiger partial charge in [0.05, 0.1) is 6.61 Å². The van der Waals surface area contributed by atoms with Crippen molar-refractivity contribution in [1.82, 2.24) is 4.90 Å². The molecule has 1 aliphatic heterocycles. The van der Waals surface area contributed by atoms with Crippen molar-refractivity contribution < 1.29 is 23.1 Å². The minimum absolute atomic E-state index is 0.0179. The molecule has 0 radical (unpaired) electrons. The fourth-order valence-electron chi connectivity index (χ4n) is 3.94. The first-order valence-corrected chi connectivity index (χ1v) is 11.3. The van der Waals surface area contributed by atoms with E-state index in [1.807, 2.05) is 4.90 Å². The van der Waals surface area contributed by atoms with Crippen molar-refractivity contribution in [3.8, 4) is 0 Å². The van der Waals surface area contributed by atoms with Crippen molar-refractivity contribution in [2.45, 2.75) is 54.0 Å². The molecule has 1 atom stereocenters. The Morgan fingerprint density at radius 2 is 1.79 bits per heavy atom. The molecule has 7 nitrogen and oxygen atoms in total. The van der Waals surface area contributed by atoms with Gasteiger partial charge in [-0.3, -0.25) is 14.5 Å². The van der Waals surface area contributed by atoms with E-state index in [1.165, 1.54) is 17.0 Å². The molecule has 1 heterocycles. The van der Waals surface area contributed by atoms with E-state index in [-0.39, 0.29) is 47.7 Å². The number of amides is 2. The van der Waals surface area contributed by atoms with Gasteiger partial charge in [0.15, 0.2) is 0 Å². The van der Waals surface area contributed by atoms with Crippen LogP contribution in [0.2, 0.25) is 0 Å². The monoisotopic (exact) mass is 468 g/mol. The number of nitrogens with zero attached hydrogens (tertiary/aromatic N) is 2. The minimum Gasteiger partial charge on any atom is -0.370 e. The number of nitrogens with two attached hydrogens (primary N) is 1. The molecule has 186 valence electrons. The molecule has 0 saturated carbocycles. The lowest BCUT2D eigenvalue weighted by molar-refractivity contribution is -0.125. The largest absolute Gasteiger partial charge is 0.370 e. The van der Waals surface area contributed by atoms with Crippen LogP contribution in [0.1, 0.15) is 53.5 Å². The van der Waals surface area contributed by atoms with Crippen LogP contribution in [0.4, 0.5) is 20.2 Å². The number of benzene rings is 1. The van der Waals surface area contributed by atoms with Crippen LogP contribution in [0.5, 0.6) is 0 Å². The molecule has 1 aliphatic rings. The van der Waals surface area contributed by atoms with E-state index in [1.54, 1.807) is 6.07 Å². The highest BCUT2D eigenvalue weighted by molar-refractivity contribution is 5.97. The van der Waals surface area contributed by atoms with Gasteiger partial charge in [-0.1, -0.05) is 41.5 Å². The summed E-state index contributed by atoms with van der Waals surface area (Å²) in [4.78, 5) is 28.7. The molecular weight excluding hydrogens is 430 g/mol. The summed E-state index contributed by atoms with van der Waals surface area (Å²) in [6, 6.07) is 3.56. The third-order valence-corrected chi connectivity index (χ3v) is 5.15. The van der Waals surface area contributed by atoms with Gasteiger partial charge in [0.2, 0.25) is 5.91 Å². The summed E-state index contributed by atoms with van der Waals surface area (Å²) in [7, 11) is 0. The minimum atomic E-state index is -2.83. The number of hydrogen-bond acceptors (Lipinski definition) is 5. The highest BCUT2D eigenvalue weighted by Gasteiger charge is 2.32. The van der Waals surface area contributed by atoms with Gasteiger partial charge in [-0.25, -0.2) is 8.78 Å². The van der Waals surface area contributed by atoms with Gasteiger partial charge in [0.1, 0.15) is 12.6 Å². The van der Waals surface area contributed by atoms with Crippen LogP contribution >= 0.6 is 0 Å². The van der Waals surface area contributed by atoms with Gasteiger partial charge in [0, 0.05) is 43.1 Å². The number of morpholine rings is 1. The molecule has 33 heavy (non-hydrogen) atoms. The highest BCUT2D eigenvalue weighted by atomic mass is 19.3. The van der Waals surface area contributed by atoms with Crippen LogP contribution in [0.3, 0.4) is 0 Å². The number of rotatable bonds is 8. The molecule has 2 rings (SSSR count). The second kappa shape index (κ2) is 10.9. The SMILES string of the molecule is CC(C)(C)CN(CC(C)(C)C)[C@H](CN)C(=O)Nc1ccc(N2CCOCC2=O)cc1C(F)F. The van der Waals surface area contributed by atoms with Crippen LogP contribution in [-0.4, -0.2) is 62.1 Å². The summed E-state index contributed by atoms with van der Waals surface area (Å²) in [6.45, 7) is 14.3. The Hall–Kier alpha value is -2.10. The zero-order valence-corrected chi connectivity index (χ0v) is 20.6. The zero-order chi connectivity index (χ0) is 25.0. The first-order chi connectivity index (χ1) is 15.2. The Bertz CT molecular complexity index is 818. The molecule has 3 N–H and O–H groups in total. The number of halogens is 2. The molecule has 9 heteroatoms. The van der Waals surface area contributed by atoms with E-state index in [4.69, 9.17) is 10.5 Å². The third kappa shape index (κ3) is 8.01. The van der Waals surface area contributed by atoms with E-state index in [9.17, 15) is 18.4 Å². The summed E-state index contributed by atoms with van der Waals surface area (Å²) in [5.74, 6) is -0.718. The predicted molar refractivity (Wildman–Crippen MR) is 127 cm³/mol. The topological polar surface area (TPSA) is 87.9 Å². The predicted octanol–water partition coefficient (Wildman–Crippen LogP) is 3.65. The number of carbonyl (C=O) groups is 2. The van der Waals surface area contributed by atoms with Crippen molar-refractivity contribution in [1.29, 1.82) is 0 Å². The lowest BCUT2D eigenvalue weighted by atomic mass is 9.91. The summed E-state index contributed by atoms with van der Waals surface area (Å²) in [5, 5.41) is 2.67. The van der Waals surface area contributed by atoms with Crippen LogP contribution in [0.25, 0.3) is 0 Å². The van der Waals surface area contributed by atoms with Crippen molar-refractivity contribution in [2.24, 2.45) is 16.6 Å². The Morgan fingerprint density at radius 3 is 2.27 bits per heavy atom. The average molecular weight is 469 g/mol. The molecule has 1 aromatic rings. The lowest BCUT2D eigenvalue weighted by Crippen LogP contribution is -2.53.